The van der Waals surface area contributed by atoms with E-state index < -0.39 is 0 Å². The van der Waals surface area contributed by atoms with Crippen LogP contribution in [-0.2, 0) is 9.53 Å². The van der Waals surface area contributed by atoms with E-state index in [0.717, 1.165) is 0 Å². The van der Waals surface area contributed by atoms with Gasteiger partial charge in [0.1, 0.15) is 0 Å². The van der Waals surface area contributed by atoms with Gasteiger partial charge >= 0.3 is 5.97 Å². The second-order valence-corrected chi connectivity index (χ2v) is 1.70. The van der Waals surface area contributed by atoms with Crippen molar-refractivity contribution in [1.29, 1.82) is 0 Å². The van der Waals surface area contributed by atoms with E-state index in [9.17, 15) is 4.79 Å². The number of carbonyl (C=O) groups excluding carboxylic acids is 1. The highest BCUT2D eigenvalue weighted by Gasteiger charge is 1.75. The Kier molecular flexibility index (Phi) is 13.1. The first kappa shape index (κ1) is 11.3. The first-order valence-electron chi connectivity index (χ1n) is 3.23. The molecule has 0 fully saturated rings. The maximum Gasteiger partial charge on any atom is 0.302 e. The number of ether oxygens (including phenoxy) is 1. The summed E-state index contributed by atoms with van der Waals surface area (Å²) in [6.07, 6.45) is 2.64. The van der Waals surface area contributed by atoms with Crippen LogP contribution in [0.4, 0.5) is 0 Å². The van der Waals surface area contributed by atoms with Crippen molar-refractivity contribution in [2.75, 3.05) is 7.11 Å². The predicted octanol–water partition coefficient (Wildman–Crippen LogP) is 1.99. The second-order valence-electron chi connectivity index (χ2n) is 1.70. The van der Waals surface area contributed by atoms with Gasteiger partial charge in [0.05, 0.1) is 7.11 Å². The molecule has 0 aliphatic rings. The molecular formula is C7H16O2. The van der Waals surface area contributed by atoms with E-state index >= 15 is 0 Å². The van der Waals surface area contributed by atoms with Crippen LogP contribution in [0.5, 0.6) is 0 Å². The molecule has 0 heterocycles. The standard InChI is InChI=1S/C4H10.C3H6O2/c1-3-4-2;1-3(4)5-2/h3-4H2,1-2H3;1-2H3. The minimum absolute atomic E-state index is 0.245. The zero-order chi connectivity index (χ0) is 7.70. The van der Waals surface area contributed by atoms with Crippen molar-refractivity contribution in [3.05, 3.63) is 0 Å². The fraction of sp³-hybridized carbons (Fsp3) is 0.857. The molecule has 0 aromatic rings. The van der Waals surface area contributed by atoms with Crippen LogP contribution in [0.3, 0.4) is 0 Å². The first-order chi connectivity index (χ1) is 4.18. The average Bonchev–Trinajstić information content (AvgIpc) is 1.89. The van der Waals surface area contributed by atoms with Crippen LogP contribution >= 0.6 is 0 Å². The maximum atomic E-state index is 9.59. The van der Waals surface area contributed by atoms with Gasteiger partial charge in [0.15, 0.2) is 0 Å². The Labute approximate surface area is 57.2 Å². The van der Waals surface area contributed by atoms with Crippen LogP contribution in [0.25, 0.3) is 0 Å². The van der Waals surface area contributed by atoms with Crippen LogP contribution < -0.4 is 0 Å². The molecular weight excluding hydrogens is 116 g/mol. The summed E-state index contributed by atoms with van der Waals surface area (Å²) in [6.45, 7) is 5.72. The Morgan fingerprint density at radius 3 is 1.56 bits per heavy atom. The van der Waals surface area contributed by atoms with Gasteiger partial charge in [0.2, 0.25) is 0 Å². The summed E-state index contributed by atoms with van der Waals surface area (Å²) in [5, 5.41) is 0. The lowest BCUT2D eigenvalue weighted by molar-refractivity contribution is -0.137. The number of esters is 1. The van der Waals surface area contributed by atoms with Crippen molar-refractivity contribution in [1.82, 2.24) is 0 Å². The Morgan fingerprint density at radius 2 is 1.56 bits per heavy atom. The van der Waals surface area contributed by atoms with E-state index in [1.54, 1.807) is 0 Å². The molecule has 2 heteroatoms. The van der Waals surface area contributed by atoms with Crippen LogP contribution in [0.2, 0.25) is 0 Å². The first-order valence-corrected chi connectivity index (χ1v) is 3.23. The molecule has 0 rings (SSSR count). The molecule has 56 valence electrons. The molecule has 0 saturated heterocycles. The average molecular weight is 132 g/mol. The van der Waals surface area contributed by atoms with Crippen molar-refractivity contribution in [3.8, 4) is 0 Å². The normalized spacial score (nSPS) is 7.11. The van der Waals surface area contributed by atoms with Crippen LogP contribution in [-0.4, -0.2) is 13.1 Å². The molecule has 9 heavy (non-hydrogen) atoms. The van der Waals surface area contributed by atoms with Crippen molar-refractivity contribution < 1.29 is 9.53 Å². The quantitative estimate of drug-likeness (QED) is 0.510. The fourth-order valence-corrected chi connectivity index (χ4v) is 0. The van der Waals surface area contributed by atoms with E-state index in [-0.39, 0.29) is 5.97 Å². The van der Waals surface area contributed by atoms with Crippen molar-refractivity contribution in [3.63, 3.8) is 0 Å². The van der Waals surface area contributed by atoms with Gasteiger partial charge in [0, 0.05) is 6.92 Å². The highest BCUT2D eigenvalue weighted by Crippen LogP contribution is 1.76. The topological polar surface area (TPSA) is 26.3 Å². The third kappa shape index (κ3) is 36.6. The van der Waals surface area contributed by atoms with E-state index in [2.05, 4.69) is 18.6 Å². The fourth-order valence-electron chi connectivity index (χ4n) is 0. The Balaban J connectivity index is 0. The summed E-state index contributed by atoms with van der Waals surface area (Å²) in [5.74, 6) is -0.245. The summed E-state index contributed by atoms with van der Waals surface area (Å²) >= 11 is 0. The van der Waals surface area contributed by atoms with Crippen LogP contribution in [0, 0.1) is 0 Å². The number of carbonyl (C=O) groups is 1. The van der Waals surface area contributed by atoms with Gasteiger partial charge in [-0.05, 0) is 0 Å². The molecule has 0 saturated carbocycles. The highest BCUT2D eigenvalue weighted by atomic mass is 16.5. The van der Waals surface area contributed by atoms with E-state index in [1.165, 1.54) is 26.9 Å². The molecule has 0 aromatic carbocycles. The minimum atomic E-state index is -0.245. The summed E-state index contributed by atoms with van der Waals surface area (Å²) in [5.41, 5.74) is 0. The Hall–Kier alpha value is -0.530. The third-order valence-corrected chi connectivity index (χ3v) is 0.787. The lowest BCUT2D eigenvalue weighted by Crippen LogP contribution is -1.88. The molecule has 0 spiro atoms. The summed E-state index contributed by atoms with van der Waals surface area (Å²) in [7, 11) is 1.35. The molecule has 0 bridgehead atoms. The molecule has 0 N–H and O–H groups in total. The smallest absolute Gasteiger partial charge is 0.302 e. The lowest BCUT2D eigenvalue weighted by atomic mass is 10.4. The van der Waals surface area contributed by atoms with Gasteiger partial charge in [-0.1, -0.05) is 26.7 Å². The lowest BCUT2D eigenvalue weighted by Gasteiger charge is -1.80. The van der Waals surface area contributed by atoms with E-state index in [1.807, 2.05) is 0 Å². The van der Waals surface area contributed by atoms with Gasteiger partial charge in [-0.15, -0.1) is 0 Å². The van der Waals surface area contributed by atoms with Crippen LogP contribution in [0.1, 0.15) is 33.6 Å². The van der Waals surface area contributed by atoms with Crippen LogP contribution in [0.15, 0.2) is 0 Å². The molecule has 0 aromatic heterocycles. The predicted molar refractivity (Wildman–Crippen MR) is 38.3 cm³/mol. The summed E-state index contributed by atoms with van der Waals surface area (Å²) in [4.78, 5) is 9.59. The molecule has 0 radical (unpaired) electrons. The van der Waals surface area contributed by atoms with Gasteiger partial charge in [0.25, 0.3) is 0 Å². The minimum Gasteiger partial charge on any atom is -0.469 e. The maximum absolute atomic E-state index is 9.59. The molecule has 0 amide bonds. The molecule has 0 aliphatic carbocycles. The Morgan fingerprint density at radius 1 is 1.33 bits per heavy atom. The van der Waals surface area contributed by atoms with Gasteiger partial charge in [-0.3, -0.25) is 4.79 Å². The molecule has 0 atom stereocenters. The SMILES string of the molecule is CCCC.COC(C)=O. The molecule has 0 unspecified atom stereocenters. The highest BCUT2D eigenvalue weighted by molar-refractivity contribution is 5.65. The zero-order valence-corrected chi connectivity index (χ0v) is 6.73. The summed E-state index contributed by atoms with van der Waals surface area (Å²) < 4.78 is 4.11. The Bertz CT molecular complexity index is 57.9. The van der Waals surface area contributed by atoms with Gasteiger partial charge < -0.3 is 4.74 Å². The number of methoxy groups -OCH3 is 1. The van der Waals surface area contributed by atoms with Crippen molar-refractivity contribution in [2.45, 2.75) is 33.6 Å². The number of hydrogen-bond acceptors (Lipinski definition) is 2. The van der Waals surface area contributed by atoms with E-state index in [4.69, 9.17) is 0 Å². The zero-order valence-electron chi connectivity index (χ0n) is 6.73. The third-order valence-electron chi connectivity index (χ3n) is 0.787. The number of rotatable bonds is 1. The molecule has 0 aliphatic heterocycles. The van der Waals surface area contributed by atoms with E-state index in [0.29, 0.717) is 0 Å². The largest absolute Gasteiger partial charge is 0.469 e. The van der Waals surface area contributed by atoms with Gasteiger partial charge in [-0.25, -0.2) is 0 Å². The van der Waals surface area contributed by atoms with Crippen molar-refractivity contribution in [2.24, 2.45) is 0 Å². The van der Waals surface area contributed by atoms with Crippen molar-refractivity contribution >= 4 is 5.97 Å². The monoisotopic (exact) mass is 132 g/mol. The van der Waals surface area contributed by atoms with Gasteiger partial charge in [-0.2, -0.15) is 0 Å². The number of unbranched alkanes of at least 4 members (excludes halogenated alkanes) is 1. The number of hydrogen-bond donors (Lipinski definition) is 0. The second kappa shape index (κ2) is 10.5. The summed E-state index contributed by atoms with van der Waals surface area (Å²) in [6, 6.07) is 0. The molecule has 2 nitrogen and oxygen atoms in total.